The van der Waals surface area contributed by atoms with E-state index < -0.39 is 0 Å². The van der Waals surface area contributed by atoms with Crippen LogP contribution in [0.5, 0.6) is 0 Å². The van der Waals surface area contributed by atoms with Crippen molar-refractivity contribution < 1.29 is 14.3 Å². The second kappa shape index (κ2) is 11.7. The summed E-state index contributed by atoms with van der Waals surface area (Å²) in [5, 5.41) is 8.06. The monoisotopic (exact) mass is 512 g/mol. The largest absolute Gasteiger partial charge is 0.465 e. The number of amides is 2. The van der Waals surface area contributed by atoms with E-state index in [1.54, 1.807) is 0 Å². The van der Waals surface area contributed by atoms with Gasteiger partial charge in [-0.3, -0.25) is 0 Å². The molecule has 1 aliphatic rings. The van der Waals surface area contributed by atoms with Gasteiger partial charge in [-0.15, -0.1) is 0 Å². The van der Waals surface area contributed by atoms with Gasteiger partial charge in [0.05, 0.1) is 23.7 Å². The first-order valence-corrected chi connectivity index (χ1v) is 13.7. The van der Waals surface area contributed by atoms with Crippen LogP contribution in [-0.2, 0) is 17.7 Å². The molecule has 1 aromatic heterocycles. The predicted octanol–water partition coefficient (Wildman–Crippen LogP) is 6.82. The maximum absolute atomic E-state index is 12.7. The van der Waals surface area contributed by atoms with Gasteiger partial charge < -0.3 is 19.9 Å². The fourth-order valence-corrected chi connectivity index (χ4v) is 5.51. The first-order chi connectivity index (χ1) is 18.6. The number of aromatic nitrogens is 2. The molecule has 0 saturated heterocycles. The molecule has 0 unspecified atom stereocenters. The number of unbranched alkanes of at least 4 members (excludes halogenated alkanes) is 1. The van der Waals surface area contributed by atoms with Crippen molar-refractivity contribution in [1.82, 2.24) is 14.9 Å². The Morgan fingerprint density at radius 1 is 1.03 bits per heavy atom. The summed E-state index contributed by atoms with van der Waals surface area (Å²) in [6, 6.07) is 17.8. The van der Waals surface area contributed by atoms with Crippen LogP contribution in [0.25, 0.3) is 21.8 Å². The lowest BCUT2D eigenvalue weighted by Crippen LogP contribution is -2.39. The zero-order valence-electron chi connectivity index (χ0n) is 22.3. The van der Waals surface area contributed by atoms with Crippen LogP contribution in [0, 0.1) is 0 Å². The molecule has 198 valence electrons. The number of nitrogens with zero attached hydrogens (tertiary/aromatic N) is 2. The molecule has 7 heteroatoms. The van der Waals surface area contributed by atoms with E-state index in [9.17, 15) is 9.59 Å². The molecule has 7 nitrogen and oxygen atoms in total. The third-order valence-electron chi connectivity index (χ3n) is 7.53. The highest BCUT2D eigenvalue weighted by atomic mass is 16.5. The smallest absolute Gasteiger partial charge is 0.338 e. The molecular formula is C31H36N4O3. The van der Waals surface area contributed by atoms with E-state index in [4.69, 9.17) is 9.72 Å². The predicted molar refractivity (Wildman–Crippen MR) is 152 cm³/mol. The molecule has 38 heavy (non-hydrogen) atoms. The van der Waals surface area contributed by atoms with Crippen molar-refractivity contribution in [3.8, 4) is 0 Å². The average molecular weight is 513 g/mol. The molecule has 0 aliphatic heterocycles. The summed E-state index contributed by atoms with van der Waals surface area (Å²) in [7, 11) is 1.41. The van der Waals surface area contributed by atoms with Gasteiger partial charge in [0.2, 0.25) is 0 Å². The number of fused-ring (bicyclic) bond motifs is 2. The van der Waals surface area contributed by atoms with Crippen molar-refractivity contribution in [2.45, 2.75) is 70.9 Å². The van der Waals surface area contributed by atoms with Gasteiger partial charge in [0.1, 0.15) is 5.82 Å². The number of imidazole rings is 1. The lowest BCUT2D eigenvalue weighted by molar-refractivity contribution is 0.0603. The van der Waals surface area contributed by atoms with E-state index in [2.05, 4.69) is 22.1 Å². The van der Waals surface area contributed by atoms with E-state index in [0.29, 0.717) is 12.1 Å². The highest BCUT2D eigenvalue weighted by Gasteiger charge is 2.18. The molecule has 1 saturated carbocycles. The molecule has 5 rings (SSSR count). The van der Waals surface area contributed by atoms with E-state index in [1.807, 2.05) is 54.6 Å². The number of carbonyl (C=O) groups excluding carboxylic acids is 2. The van der Waals surface area contributed by atoms with Crippen molar-refractivity contribution in [2.24, 2.45) is 0 Å². The maximum Gasteiger partial charge on any atom is 0.338 e. The van der Waals surface area contributed by atoms with E-state index in [-0.39, 0.29) is 18.0 Å². The number of anilines is 1. The zero-order valence-corrected chi connectivity index (χ0v) is 22.3. The van der Waals surface area contributed by atoms with Gasteiger partial charge in [0.25, 0.3) is 0 Å². The third kappa shape index (κ3) is 5.52. The Morgan fingerprint density at radius 3 is 2.58 bits per heavy atom. The van der Waals surface area contributed by atoms with Gasteiger partial charge >= 0.3 is 12.0 Å². The van der Waals surface area contributed by atoms with Gasteiger partial charge in [-0.25, -0.2) is 14.6 Å². The molecule has 2 amide bonds. The number of nitrogens with one attached hydrogen (secondary N) is 2. The minimum Gasteiger partial charge on any atom is -0.465 e. The van der Waals surface area contributed by atoms with Crippen LogP contribution in [0.3, 0.4) is 0 Å². The number of methoxy groups -OCH3 is 1. The van der Waals surface area contributed by atoms with Gasteiger partial charge in [-0.1, -0.05) is 62.9 Å². The minimum atomic E-state index is -0.341. The Balaban J connectivity index is 1.48. The number of hydrogen-bond acceptors (Lipinski definition) is 4. The molecule has 4 aromatic rings. The summed E-state index contributed by atoms with van der Waals surface area (Å²) in [6.07, 6.45) is 8.67. The van der Waals surface area contributed by atoms with Crippen LogP contribution in [0.2, 0.25) is 0 Å². The standard InChI is InChI=1S/C31H36N4O3/c1-3-4-14-29-34-27-18-16-23(33-31(37)32-22-10-6-5-7-11-22)19-28(27)35(29)20-21-15-17-26(30(36)38-2)25-13-9-8-12-24(21)25/h8-9,12-13,15-19,22H,3-7,10-11,14,20H2,1-2H3,(H2,32,33,37). The quantitative estimate of drug-likeness (QED) is 0.254. The number of hydrogen-bond donors (Lipinski definition) is 2. The van der Waals surface area contributed by atoms with Crippen molar-refractivity contribution in [3.63, 3.8) is 0 Å². The molecule has 3 aromatic carbocycles. The highest BCUT2D eigenvalue weighted by Crippen LogP contribution is 2.28. The normalized spacial score (nSPS) is 14.1. The summed E-state index contributed by atoms with van der Waals surface area (Å²) in [5.41, 5.74) is 4.29. The zero-order chi connectivity index (χ0) is 26.5. The Labute approximate surface area is 223 Å². The lowest BCUT2D eigenvalue weighted by atomic mass is 9.96. The van der Waals surface area contributed by atoms with E-state index >= 15 is 0 Å². The minimum absolute atomic E-state index is 0.155. The molecule has 0 atom stereocenters. The van der Waals surface area contributed by atoms with Gasteiger partial charge in [-0.05, 0) is 59.9 Å². The highest BCUT2D eigenvalue weighted by molar-refractivity contribution is 6.05. The van der Waals surface area contributed by atoms with Crippen molar-refractivity contribution in [3.05, 3.63) is 71.5 Å². The molecule has 1 aliphatic carbocycles. The van der Waals surface area contributed by atoms with Crippen LogP contribution in [0.15, 0.2) is 54.6 Å². The lowest BCUT2D eigenvalue weighted by Gasteiger charge is -2.22. The fourth-order valence-electron chi connectivity index (χ4n) is 5.51. The molecule has 0 bridgehead atoms. The summed E-state index contributed by atoms with van der Waals surface area (Å²) in [6.45, 7) is 2.79. The van der Waals surface area contributed by atoms with Gasteiger partial charge in [0.15, 0.2) is 0 Å². The van der Waals surface area contributed by atoms with E-state index in [1.165, 1.54) is 26.4 Å². The number of ether oxygens (including phenoxy) is 1. The summed E-state index contributed by atoms with van der Waals surface area (Å²) >= 11 is 0. The first-order valence-electron chi connectivity index (χ1n) is 13.7. The van der Waals surface area contributed by atoms with Crippen LogP contribution in [0.4, 0.5) is 10.5 Å². The van der Waals surface area contributed by atoms with Crippen molar-refractivity contribution >= 4 is 39.5 Å². The molecule has 1 heterocycles. The van der Waals surface area contributed by atoms with Crippen LogP contribution >= 0.6 is 0 Å². The summed E-state index contributed by atoms with van der Waals surface area (Å²) in [5.74, 6) is 0.679. The number of rotatable bonds is 8. The molecule has 0 spiro atoms. The van der Waals surface area contributed by atoms with Gasteiger partial charge in [0, 0.05) is 24.7 Å². The van der Waals surface area contributed by atoms with Crippen LogP contribution in [-0.4, -0.2) is 34.7 Å². The van der Waals surface area contributed by atoms with Crippen molar-refractivity contribution in [1.29, 1.82) is 0 Å². The Kier molecular flexibility index (Phi) is 7.91. The second-order valence-electron chi connectivity index (χ2n) is 10.2. The van der Waals surface area contributed by atoms with Crippen LogP contribution in [0.1, 0.15) is 73.6 Å². The number of esters is 1. The average Bonchev–Trinajstić information content (AvgIpc) is 3.28. The number of aryl methyl sites for hydroxylation is 1. The maximum atomic E-state index is 12.7. The fraction of sp³-hybridized carbons (Fsp3) is 0.387. The van der Waals surface area contributed by atoms with Crippen molar-refractivity contribution in [2.75, 3.05) is 12.4 Å². The number of urea groups is 1. The molecular weight excluding hydrogens is 476 g/mol. The SMILES string of the molecule is CCCCc1nc2ccc(NC(=O)NC3CCCCC3)cc2n1Cc1ccc(C(=O)OC)c2ccccc12. The number of benzene rings is 3. The summed E-state index contributed by atoms with van der Waals surface area (Å²) in [4.78, 5) is 30.1. The van der Waals surface area contributed by atoms with Crippen LogP contribution < -0.4 is 10.6 Å². The first kappa shape index (κ1) is 25.8. The third-order valence-corrected chi connectivity index (χ3v) is 7.53. The Bertz CT molecular complexity index is 1450. The Morgan fingerprint density at radius 2 is 1.82 bits per heavy atom. The molecule has 1 fully saturated rings. The number of carbonyl (C=O) groups is 2. The summed E-state index contributed by atoms with van der Waals surface area (Å²) < 4.78 is 7.25. The Hall–Kier alpha value is -3.87. The molecule has 2 N–H and O–H groups in total. The molecule has 0 radical (unpaired) electrons. The van der Waals surface area contributed by atoms with Gasteiger partial charge in [-0.2, -0.15) is 0 Å². The van der Waals surface area contributed by atoms with E-state index in [0.717, 1.165) is 71.0 Å². The topological polar surface area (TPSA) is 85.3 Å². The second-order valence-corrected chi connectivity index (χ2v) is 10.2.